The second-order valence-corrected chi connectivity index (χ2v) is 5.36. The number of hydrogen-bond acceptors (Lipinski definition) is 5. The number of H-pyrrole nitrogens is 1. The van der Waals surface area contributed by atoms with Gasteiger partial charge in [0, 0.05) is 13.0 Å². The van der Waals surface area contributed by atoms with Crippen LogP contribution in [0.15, 0.2) is 40.1 Å². The van der Waals surface area contributed by atoms with Crippen molar-refractivity contribution in [2.75, 3.05) is 7.11 Å². The van der Waals surface area contributed by atoms with Crippen LogP contribution in [0.25, 0.3) is 16.7 Å². The topological polar surface area (TPSA) is 99.0 Å². The van der Waals surface area contributed by atoms with Crippen molar-refractivity contribution in [2.45, 2.75) is 19.9 Å². The number of carbonyl (C=O) groups excluding carboxylic acids is 1. The van der Waals surface area contributed by atoms with E-state index in [1.54, 1.807) is 31.4 Å². The highest BCUT2D eigenvalue weighted by Crippen LogP contribution is 2.17. The molecule has 0 aliphatic heterocycles. The van der Waals surface area contributed by atoms with Crippen molar-refractivity contribution in [1.82, 2.24) is 19.3 Å². The second kappa shape index (κ2) is 6.15. The van der Waals surface area contributed by atoms with Gasteiger partial charge in [0.25, 0.3) is 5.56 Å². The molecule has 0 fully saturated rings. The van der Waals surface area contributed by atoms with Crippen LogP contribution in [-0.2, 0) is 11.3 Å². The molecule has 0 unspecified atom stereocenters. The molecule has 1 N–H and O–H groups in total. The molecule has 0 saturated heterocycles. The number of ether oxygens (including phenoxy) is 1. The van der Waals surface area contributed by atoms with Crippen LogP contribution in [0.2, 0.25) is 0 Å². The minimum absolute atomic E-state index is 0.0488. The van der Waals surface area contributed by atoms with E-state index in [1.807, 2.05) is 0 Å². The number of hydrogen-bond donors (Lipinski definition) is 1. The lowest BCUT2D eigenvalue weighted by Gasteiger charge is -2.06. The number of Topliss-reactive ketones (excluding diaryl/α,β-unsaturated/α-hetero) is 1. The number of benzene rings is 1. The van der Waals surface area contributed by atoms with E-state index < -0.39 is 11.2 Å². The summed E-state index contributed by atoms with van der Waals surface area (Å²) in [6, 6.07) is 7.06. The summed E-state index contributed by atoms with van der Waals surface area (Å²) < 4.78 is 7.60. The maximum atomic E-state index is 12.5. The minimum Gasteiger partial charge on any atom is -0.497 e. The number of fused-ring (bicyclic) bond motifs is 1. The van der Waals surface area contributed by atoms with Gasteiger partial charge in [-0.3, -0.25) is 19.1 Å². The SMILES string of the molecule is COc1ccc(-n2ncc3c(=O)n(CCC(C)=O)c(=O)[nH]c32)cc1. The highest BCUT2D eigenvalue weighted by Gasteiger charge is 2.13. The molecule has 124 valence electrons. The molecule has 0 bridgehead atoms. The quantitative estimate of drug-likeness (QED) is 0.749. The molecule has 2 aromatic heterocycles. The number of aromatic amines is 1. The van der Waals surface area contributed by atoms with Crippen molar-refractivity contribution >= 4 is 16.8 Å². The molecule has 8 nitrogen and oxygen atoms in total. The molecule has 0 spiro atoms. The standard InChI is InChI=1S/C16H16N4O4/c1-10(21)7-8-19-15(22)13-9-17-20(14(13)18-16(19)23)11-3-5-12(24-2)6-4-11/h3-6,9H,7-8H2,1-2H3,(H,18,23). The highest BCUT2D eigenvalue weighted by atomic mass is 16.5. The number of nitrogens with one attached hydrogen (secondary N) is 1. The van der Waals surface area contributed by atoms with Gasteiger partial charge in [0.05, 0.1) is 19.0 Å². The maximum absolute atomic E-state index is 12.5. The van der Waals surface area contributed by atoms with Gasteiger partial charge < -0.3 is 4.74 Å². The van der Waals surface area contributed by atoms with Crippen LogP contribution in [0.4, 0.5) is 0 Å². The minimum atomic E-state index is -0.566. The molecule has 3 rings (SSSR count). The molecule has 8 heteroatoms. The van der Waals surface area contributed by atoms with E-state index in [-0.39, 0.29) is 24.1 Å². The number of methoxy groups -OCH3 is 1. The number of nitrogens with zero attached hydrogens (tertiary/aromatic N) is 3. The monoisotopic (exact) mass is 328 g/mol. The number of rotatable bonds is 5. The predicted molar refractivity (Wildman–Crippen MR) is 87.8 cm³/mol. The Balaban J connectivity index is 2.11. The van der Waals surface area contributed by atoms with E-state index in [2.05, 4.69) is 10.1 Å². The number of carbonyl (C=O) groups is 1. The molecule has 24 heavy (non-hydrogen) atoms. The zero-order valence-corrected chi connectivity index (χ0v) is 13.3. The molecule has 0 amide bonds. The van der Waals surface area contributed by atoms with Crippen LogP contribution in [0.3, 0.4) is 0 Å². The Morgan fingerprint density at radius 3 is 2.58 bits per heavy atom. The third-order valence-corrected chi connectivity index (χ3v) is 3.72. The number of aromatic nitrogens is 4. The second-order valence-electron chi connectivity index (χ2n) is 5.36. The summed E-state index contributed by atoms with van der Waals surface area (Å²) in [6.45, 7) is 1.46. The fraction of sp³-hybridized carbons (Fsp3) is 0.250. The summed E-state index contributed by atoms with van der Waals surface area (Å²) in [5.41, 5.74) is -0.0321. The Hall–Kier alpha value is -3.16. The Bertz CT molecular complexity index is 1010. The third kappa shape index (κ3) is 2.73. The van der Waals surface area contributed by atoms with Crippen LogP contribution >= 0.6 is 0 Å². The fourth-order valence-corrected chi connectivity index (χ4v) is 2.42. The Morgan fingerprint density at radius 2 is 1.96 bits per heavy atom. The van der Waals surface area contributed by atoms with Gasteiger partial charge in [0.1, 0.15) is 16.9 Å². The van der Waals surface area contributed by atoms with Crippen molar-refractivity contribution in [3.8, 4) is 11.4 Å². The lowest BCUT2D eigenvalue weighted by atomic mass is 10.3. The molecular weight excluding hydrogens is 312 g/mol. The molecule has 3 aromatic rings. The van der Waals surface area contributed by atoms with Gasteiger partial charge in [-0.15, -0.1) is 0 Å². The average molecular weight is 328 g/mol. The molecule has 2 heterocycles. The van der Waals surface area contributed by atoms with Crippen LogP contribution in [0, 0.1) is 0 Å². The van der Waals surface area contributed by atoms with E-state index in [4.69, 9.17) is 4.74 Å². The van der Waals surface area contributed by atoms with Gasteiger partial charge in [-0.25, -0.2) is 9.48 Å². The number of ketones is 1. The largest absolute Gasteiger partial charge is 0.497 e. The van der Waals surface area contributed by atoms with E-state index in [0.29, 0.717) is 17.1 Å². The van der Waals surface area contributed by atoms with E-state index in [1.165, 1.54) is 17.8 Å². The summed E-state index contributed by atoms with van der Waals surface area (Å²) in [5.74, 6) is 0.602. The first-order chi connectivity index (χ1) is 11.5. The Kier molecular flexibility index (Phi) is 4.03. The van der Waals surface area contributed by atoms with Gasteiger partial charge in [0.2, 0.25) is 0 Å². The van der Waals surface area contributed by atoms with Gasteiger partial charge in [0.15, 0.2) is 5.65 Å². The first kappa shape index (κ1) is 15.7. The zero-order valence-electron chi connectivity index (χ0n) is 13.3. The molecule has 0 saturated carbocycles. The van der Waals surface area contributed by atoms with Crippen molar-refractivity contribution in [3.63, 3.8) is 0 Å². The normalized spacial score (nSPS) is 10.9. The Labute approximate surface area is 136 Å². The smallest absolute Gasteiger partial charge is 0.330 e. The first-order valence-electron chi connectivity index (χ1n) is 7.36. The molecular formula is C16H16N4O4. The van der Waals surface area contributed by atoms with E-state index in [9.17, 15) is 14.4 Å². The molecule has 0 aliphatic rings. The van der Waals surface area contributed by atoms with Crippen LogP contribution < -0.4 is 16.0 Å². The van der Waals surface area contributed by atoms with Crippen LogP contribution in [-0.4, -0.2) is 32.2 Å². The van der Waals surface area contributed by atoms with E-state index >= 15 is 0 Å². The fourth-order valence-electron chi connectivity index (χ4n) is 2.42. The van der Waals surface area contributed by atoms with Crippen molar-refractivity contribution in [1.29, 1.82) is 0 Å². The third-order valence-electron chi connectivity index (χ3n) is 3.72. The summed E-state index contributed by atoms with van der Waals surface area (Å²) >= 11 is 0. The van der Waals surface area contributed by atoms with Gasteiger partial charge in [-0.2, -0.15) is 5.10 Å². The van der Waals surface area contributed by atoms with Gasteiger partial charge >= 0.3 is 5.69 Å². The van der Waals surface area contributed by atoms with Crippen LogP contribution in [0.5, 0.6) is 5.75 Å². The summed E-state index contributed by atoms with van der Waals surface area (Å²) in [5, 5.41) is 4.47. The zero-order chi connectivity index (χ0) is 17.3. The molecule has 0 atom stereocenters. The highest BCUT2D eigenvalue weighted by molar-refractivity contribution is 5.76. The first-order valence-corrected chi connectivity index (χ1v) is 7.36. The lowest BCUT2D eigenvalue weighted by Crippen LogP contribution is -2.35. The summed E-state index contributed by atoms with van der Waals surface area (Å²) in [4.78, 5) is 38.4. The Morgan fingerprint density at radius 1 is 1.25 bits per heavy atom. The van der Waals surface area contributed by atoms with Crippen molar-refractivity contribution in [3.05, 3.63) is 51.3 Å². The average Bonchev–Trinajstić information content (AvgIpc) is 2.98. The van der Waals surface area contributed by atoms with Crippen molar-refractivity contribution < 1.29 is 9.53 Å². The van der Waals surface area contributed by atoms with Gasteiger partial charge in [-0.1, -0.05) is 0 Å². The van der Waals surface area contributed by atoms with Gasteiger partial charge in [-0.05, 0) is 31.2 Å². The summed E-state index contributed by atoms with van der Waals surface area (Å²) in [6.07, 6.45) is 1.53. The molecule has 0 radical (unpaired) electrons. The molecule has 1 aromatic carbocycles. The van der Waals surface area contributed by atoms with Crippen molar-refractivity contribution in [2.24, 2.45) is 0 Å². The predicted octanol–water partition coefficient (Wildman–Crippen LogP) is 0.863. The lowest BCUT2D eigenvalue weighted by molar-refractivity contribution is -0.117. The van der Waals surface area contributed by atoms with Crippen LogP contribution in [0.1, 0.15) is 13.3 Å². The molecule has 0 aliphatic carbocycles. The summed E-state index contributed by atoms with van der Waals surface area (Å²) in [7, 11) is 1.57. The van der Waals surface area contributed by atoms with E-state index in [0.717, 1.165) is 4.57 Å². The maximum Gasteiger partial charge on any atom is 0.330 e.